The molecule has 1 heterocycles. The molecule has 0 aromatic carbocycles. The van der Waals surface area contributed by atoms with Crippen LogP contribution in [-0.4, -0.2) is 31.2 Å². The summed E-state index contributed by atoms with van der Waals surface area (Å²) in [6.45, 7) is 8.22. The molecule has 0 atom stereocenters. The lowest BCUT2D eigenvalue weighted by Crippen LogP contribution is -3.00. The van der Waals surface area contributed by atoms with Crippen molar-refractivity contribution in [3.8, 4) is 0 Å². The molecule has 0 unspecified atom stereocenters. The van der Waals surface area contributed by atoms with E-state index < -0.39 is 0 Å². The minimum absolute atomic E-state index is 0. The molecule has 0 N–H and O–H groups in total. The topological polar surface area (TPSA) is 0 Å². The number of halogens is 2. The lowest BCUT2D eigenvalue weighted by Gasteiger charge is -2.29. The summed E-state index contributed by atoms with van der Waals surface area (Å²) in [6.07, 6.45) is 22.9. The highest BCUT2D eigenvalue weighted by atomic mass is 79.9. The SMILES string of the molecule is Br.[Br-].[CH2]CCCCCCCCCCCCCCC[N+]1(C)CCCC1. The van der Waals surface area contributed by atoms with Crippen LogP contribution in [0.15, 0.2) is 0 Å². The van der Waals surface area contributed by atoms with Gasteiger partial charge in [0.25, 0.3) is 0 Å². The third kappa shape index (κ3) is 15.2. The number of hydrogen-bond acceptors (Lipinski definition) is 0. The van der Waals surface area contributed by atoms with E-state index in [1.165, 1.54) is 120 Å². The predicted octanol–water partition coefficient (Wildman–Crippen LogP) is 4.10. The molecule has 1 rings (SSSR count). The molecule has 1 radical (unpaired) electrons. The first kappa shape index (κ1) is 27.1. The van der Waals surface area contributed by atoms with Crippen LogP contribution in [0.5, 0.6) is 0 Å². The second-order valence-corrected chi connectivity index (χ2v) is 7.95. The Hall–Kier alpha value is 0.920. The van der Waals surface area contributed by atoms with Gasteiger partial charge in [-0.1, -0.05) is 84.0 Å². The zero-order valence-electron chi connectivity index (χ0n) is 16.4. The standard InChI is InChI=1S/C21H43N.2BrH/c1-3-4-5-6-7-8-9-10-11-12-13-14-15-16-19-22(2)20-17-18-21-22;;/h1,3-21H2,2H3;2*1H/q+1;;/p-1. The van der Waals surface area contributed by atoms with Gasteiger partial charge >= 0.3 is 0 Å². The molecule has 0 aliphatic carbocycles. The first-order valence-electron chi connectivity index (χ1n) is 10.4. The lowest BCUT2D eigenvalue weighted by molar-refractivity contribution is -0.897. The van der Waals surface area contributed by atoms with E-state index >= 15 is 0 Å². The first-order valence-corrected chi connectivity index (χ1v) is 10.4. The van der Waals surface area contributed by atoms with Gasteiger partial charge in [0, 0.05) is 12.8 Å². The summed E-state index contributed by atoms with van der Waals surface area (Å²) in [7, 11) is 2.46. The monoisotopic (exact) mass is 468 g/mol. The van der Waals surface area contributed by atoms with Crippen molar-refractivity contribution in [2.75, 3.05) is 26.7 Å². The van der Waals surface area contributed by atoms with Gasteiger partial charge in [-0.3, -0.25) is 0 Å². The summed E-state index contributed by atoms with van der Waals surface area (Å²) >= 11 is 0. The molecule has 24 heavy (non-hydrogen) atoms. The van der Waals surface area contributed by atoms with Gasteiger partial charge in [0.15, 0.2) is 0 Å². The van der Waals surface area contributed by atoms with Crippen LogP contribution in [0.4, 0.5) is 0 Å². The molecule has 1 nitrogen and oxygen atoms in total. The summed E-state index contributed by atoms with van der Waals surface area (Å²) in [6, 6.07) is 0. The molecule has 0 spiro atoms. The molecule has 0 saturated carbocycles. The van der Waals surface area contributed by atoms with Gasteiger partial charge < -0.3 is 21.5 Å². The average Bonchev–Trinajstić information content (AvgIpc) is 2.94. The molecule has 0 amide bonds. The Bertz CT molecular complexity index is 240. The molecule has 1 fully saturated rings. The lowest BCUT2D eigenvalue weighted by atomic mass is 10.0. The number of nitrogens with zero attached hydrogens (tertiary/aromatic N) is 1. The third-order valence-corrected chi connectivity index (χ3v) is 5.59. The van der Waals surface area contributed by atoms with Crippen molar-refractivity contribution in [1.29, 1.82) is 0 Å². The van der Waals surface area contributed by atoms with Crippen molar-refractivity contribution in [3.63, 3.8) is 0 Å². The van der Waals surface area contributed by atoms with Crippen molar-refractivity contribution >= 4 is 17.0 Å². The van der Waals surface area contributed by atoms with Crippen LogP contribution >= 0.6 is 17.0 Å². The first-order chi connectivity index (χ1) is 10.8. The Balaban J connectivity index is 0. The van der Waals surface area contributed by atoms with E-state index in [1.807, 2.05) is 0 Å². The molecule has 0 bridgehead atoms. The highest BCUT2D eigenvalue weighted by Crippen LogP contribution is 2.18. The van der Waals surface area contributed by atoms with Gasteiger partial charge in [0.05, 0.1) is 26.7 Å². The van der Waals surface area contributed by atoms with Gasteiger partial charge in [-0.2, -0.15) is 0 Å². The van der Waals surface area contributed by atoms with Crippen LogP contribution in [0.2, 0.25) is 0 Å². The van der Waals surface area contributed by atoms with Crippen LogP contribution in [-0.2, 0) is 0 Å². The van der Waals surface area contributed by atoms with Crippen molar-refractivity contribution in [2.45, 2.75) is 103 Å². The predicted molar refractivity (Wildman–Crippen MR) is 110 cm³/mol. The molecule has 1 aliphatic heterocycles. The van der Waals surface area contributed by atoms with E-state index in [-0.39, 0.29) is 34.0 Å². The Morgan fingerprint density at radius 2 is 0.958 bits per heavy atom. The number of hydrogen-bond donors (Lipinski definition) is 0. The molecule has 1 aliphatic rings. The highest BCUT2D eigenvalue weighted by molar-refractivity contribution is 8.93. The summed E-state index contributed by atoms with van der Waals surface area (Å²) in [4.78, 5) is 0. The van der Waals surface area contributed by atoms with Crippen molar-refractivity contribution in [2.24, 2.45) is 0 Å². The second kappa shape index (κ2) is 18.7. The van der Waals surface area contributed by atoms with Gasteiger partial charge in [0.2, 0.25) is 0 Å². The smallest absolute Gasteiger partial charge is 0.0786 e. The fourth-order valence-corrected chi connectivity index (χ4v) is 3.94. The minimum atomic E-state index is 0. The Kier molecular flexibility index (Phi) is 21.2. The van der Waals surface area contributed by atoms with Crippen LogP contribution in [0.3, 0.4) is 0 Å². The average molecular weight is 470 g/mol. The Morgan fingerprint density at radius 3 is 1.33 bits per heavy atom. The molecular formula is C21H44Br2N. The minimum Gasteiger partial charge on any atom is -1.00 e. The molecular weight excluding hydrogens is 426 g/mol. The maximum Gasteiger partial charge on any atom is 0.0786 e. The largest absolute Gasteiger partial charge is 1.00 e. The number of likely N-dealkylation sites (tertiary alicyclic amines) is 1. The second-order valence-electron chi connectivity index (χ2n) is 7.95. The van der Waals surface area contributed by atoms with Crippen LogP contribution in [0, 0.1) is 6.92 Å². The highest BCUT2D eigenvalue weighted by Gasteiger charge is 2.25. The fraction of sp³-hybridized carbons (Fsp3) is 0.952. The van der Waals surface area contributed by atoms with Crippen LogP contribution in [0.25, 0.3) is 0 Å². The summed E-state index contributed by atoms with van der Waals surface area (Å²) in [5, 5.41) is 0. The summed E-state index contributed by atoms with van der Waals surface area (Å²) in [5.74, 6) is 0. The van der Waals surface area contributed by atoms with E-state index in [2.05, 4.69) is 14.0 Å². The van der Waals surface area contributed by atoms with E-state index in [9.17, 15) is 0 Å². The molecule has 147 valence electrons. The van der Waals surface area contributed by atoms with Crippen molar-refractivity contribution < 1.29 is 21.5 Å². The fourth-order valence-electron chi connectivity index (χ4n) is 3.94. The van der Waals surface area contributed by atoms with Crippen molar-refractivity contribution in [3.05, 3.63) is 6.92 Å². The van der Waals surface area contributed by atoms with Crippen LogP contribution in [0.1, 0.15) is 103 Å². The van der Waals surface area contributed by atoms with E-state index in [1.54, 1.807) is 0 Å². The maximum atomic E-state index is 3.90. The number of quaternary nitrogens is 1. The van der Waals surface area contributed by atoms with Gasteiger partial charge in [-0.05, 0) is 12.8 Å². The molecule has 0 aromatic rings. The van der Waals surface area contributed by atoms with E-state index in [4.69, 9.17) is 0 Å². The van der Waals surface area contributed by atoms with Crippen molar-refractivity contribution in [1.82, 2.24) is 0 Å². The zero-order valence-corrected chi connectivity index (χ0v) is 19.7. The quantitative estimate of drug-likeness (QED) is 0.250. The van der Waals surface area contributed by atoms with E-state index in [0.717, 1.165) is 6.42 Å². The maximum absolute atomic E-state index is 3.90. The Labute approximate surface area is 174 Å². The third-order valence-electron chi connectivity index (χ3n) is 5.59. The van der Waals surface area contributed by atoms with Crippen LogP contribution < -0.4 is 17.0 Å². The van der Waals surface area contributed by atoms with Gasteiger partial charge in [-0.25, -0.2) is 0 Å². The number of unbranched alkanes of at least 4 members (excludes halogenated alkanes) is 13. The van der Waals surface area contributed by atoms with E-state index in [0.29, 0.717) is 0 Å². The molecule has 3 heteroatoms. The number of rotatable bonds is 15. The normalized spacial score (nSPS) is 15.8. The van der Waals surface area contributed by atoms with Gasteiger partial charge in [-0.15, -0.1) is 17.0 Å². The summed E-state index contributed by atoms with van der Waals surface area (Å²) in [5.41, 5.74) is 0. The molecule has 0 aromatic heterocycles. The van der Waals surface area contributed by atoms with Gasteiger partial charge in [0.1, 0.15) is 0 Å². The Morgan fingerprint density at radius 1 is 0.625 bits per heavy atom. The molecule has 1 saturated heterocycles. The summed E-state index contributed by atoms with van der Waals surface area (Å²) < 4.78 is 1.37. The zero-order chi connectivity index (χ0) is 15.9.